The quantitative estimate of drug-likeness (QED) is 0.790. The number of nitrogens with zero attached hydrogens (tertiary/aromatic N) is 1. The van der Waals surface area contributed by atoms with E-state index in [0.717, 1.165) is 4.90 Å². The average molecular weight is 367 g/mol. The molecule has 6 rings (SSSR count). The lowest BCUT2D eigenvalue weighted by Gasteiger charge is -2.71. The second-order valence-corrected chi connectivity index (χ2v) is 10.2. The summed E-state index contributed by atoms with van der Waals surface area (Å²) in [6.45, 7) is 9.04. The van der Waals surface area contributed by atoms with Crippen LogP contribution in [0.2, 0.25) is 0 Å². The minimum absolute atomic E-state index is 0.0581. The highest BCUT2D eigenvalue weighted by Crippen LogP contribution is 2.71. The average Bonchev–Trinajstić information content (AvgIpc) is 2.98. The summed E-state index contributed by atoms with van der Waals surface area (Å²) in [5.74, 6) is -4.34. The number of likely N-dealkylation sites (tertiary alicyclic amines) is 1. The van der Waals surface area contributed by atoms with Gasteiger partial charge in [-0.1, -0.05) is 27.7 Å². The minimum Gasteiger partial charge on any atom is -0.390 e. The number of nitrogens with two attached hydrogens (primary N) is 1. The van der Waals surface area contributed by atoms with E-state index in [9.17, 15) is 9.90 Å². The number of rotatable bonds is 2. The third-order valence-electron chi connectivity index (χ3n) is 9.26. The molecule has 5 aliphatic carbocycles. The molecule has 1 amide bonds. The summed E-state index contributed by atoms with van der Waals surface area (Å²) in [4.78, 5) is 14.8. The smallest absolute Gasteiger partial charge is 0.240 e. The number of carbonyl (C=O) groups is 1. The summed E-state index contributed by atoms with van der Waals surface area (Å²) in [6.07, 6.45) is -0.0629. The number of aliphatic hydroxyl groups is 1. The van der Waals surface area contributed by atoms with Gasteiger partial charge in [0, 0.05) is 17.5 Å². The fourth-order valence-electron chi connectivity index (χ4n) is 7.31. The fraction of sp³-hybridized carbons (Fsp3) is 0.955. The van der Waals surface area contributed by atoms with Crippen molar-refractivity contribution in [1.29, 1.82) is 0 Å². The van der Waals surface area contributed by atoms with Crippen LogP contribution >= 0.6 is 0 Å². The molecule has 0 aromatic carbocycles. The molecule has 1 heterocycles. The van der Waals surface area contributed by atoms with Gasteiger partial charge in [0.15, 0.2) is 0 Å². The molecule has 7 unspecified atom stereocenters. The molecule has 26 heavy (non-hydrogen) atoms. The Hall–Kier alpha value is -0.610. The highest BCUT2D eigenvalue weighted by Gasteiger charge is 2.70. The molecule has 11 atom stereocenters. The summed E-state index contributed by atoms with van der Waals surface area (Å²) in [6, 6.07) is -5.45. The van der Waals surface area contributed by atoms with Gasteiger partial charge in [0.2, 0.25) is 5.91 Å². The van der Waals surface area contributed by atoms with Crippen LogP contribution in [0.1, 0.15) is 74.9 Å². The van der Waals surface area contributed by atoms with E-state index in [-0.39, 0.29) is 17.3 Å². The zero-order valence-electron chi connectivity index (χ0n) is 22.5. The van der Waals surface area contributed by atoms with Gasteiger partial charge in [0.1, 0.15) is 0 Å². The molecule has 4 bridgehead atoms. The van der Waals surface area contributed by atoms with Gasteiger partial charge in [-0.15, -0.1) is 0 Å². The minimum atomic E-state index is -2.44. The maximum Gasteiger partial charge on any atom is 0.240 e. The van der Waals surface area contributed by atoms with E-state index in [1.165, 1.54) is 13.8 Å². The summed E-state index contributed by atoms with van der Waals surface area (Å²) in [5.41, 5.74) is 4.84. The van der Waals surface area contributed by atoms with Gasteiger partial charge in [0.25, 0.3) is 0 Å². The Bertz CT molecular complexity index is 930. The molecule has 4 heteroatoms. The Labute approximate surface area is 166 Å². The van der Waals surface area contributed by atoms with Gasteiger partial charge in [0.05, 0.1) is 14.4 Å². The first-order valence-corrected chi connectivity index (χ1v) is 10.1. The van der Waals surface area contributed by atoms with Crippen molar-refractivity contribution in [2.24, 2.45) is 46.1 Å². The summed E-state index contributed by atoms with van der Waals surface area (Å²) < 4.78 is 51.7. The van der Waals surface area contributed by atoms with E-state index in [1.807, 2.05) is 0 Å². The van der Waals surface area contributed by atoms with Crippen molar-refractivity contribution in [3.05, 3.63) is 0 Å². The van der Waals surface area contributed by atoms with Crippen LogP contribution in [-0.4, -0.2) is 39.6 Å². The number of piperidine rings is 1. The molecule has 6 aliphatic rings. The van der Waals surface area contributed by atoms with Crippen molar-refractivity contribution in [3.63, 3.8) is 0 Å². The van der Waals surface area contributed by atoms with Crippen molar-refractivity contribution in [1.82, 2.24) is 4.90 Å². The topological polar surface area (TPSA) is 66.6 Å². The molecule has 6 fully saturated rings. The van der Waals surface area contributed by atoms with Crippen LogP contribution in [0.15, 0.2) is 0 Å². The Morgan fingerprint density at radius 2 is 2.00 bits per heavy atom. The monoisotopic (exact) mass is 366 g/mol. The number of fused-ring (bicyclic) bond motifs is 1. The van der Waals surface area contributed by atoms with Crippen molar-refractivity contribution in [2.75, 3.05) is 0 Å². The summed E-state index contributed by atoms with van der Waals surface area (Å²) in [7, 11) is 0. The standard InChI is InChI=1S/C22H36N2O2/c1-11-13(3)24(17-6-16(11)17)19(25)18(23)21-7-15-8-22(26,10-21)14(4)20(5,9-21)12(15)2/h11-18,26H,6-10,23H2,1-5H3/t11?,12?,13-,14?,15?,16+,17+,18-,20?,21?,22?/m1/s1/i6D2,11D,13D,16D,17D. The highest BCUT2D eigenvalue weighted by atomic mass is 16.3. The third kappa shape index (κ3) is 1.86. The molecule has 0 aromatic rings. The second kappa shape index (κ2) is 4.86. The molecule has 146 valence electrons. The first-order valence-electron chi connectivity index (χ1n) is 13.1. The lowest BCUT2D eigenvalue weighted by atomic mass is 9.35. The zero-order valence-corrected chi connectivity index (χ0v) is 16.5. The molecule has 0 radical (unpaired) electrons. The lowest BCUT2D eigenvalue weighted by molar-refractivity contribution is -0.261. The van der Waals surface area contributed by atoms with E-state index >= 15 is 0 Å². The third-order valence-corrected chi connectivity index (χ3v) is 9.26. The van der Waals surface area contributed by atoms with Crippen molar-refractivity contribution < 1.29 is 18.1 Å². The SMILES string of the molecule is [2H]C1(C)[C@]2([2H])C([2H])([2H])[C@]2([2H])N(C(=O)[C@@H](N)C23CC4CC(O)(C2)C(C)C(C)(C3)C4C)[C@]1([2H])C. The second-order valence-electron chi connectivity index (χ2n) is 10.2. The molecular weight excluding hydrogens is 324 g/mol. The van der Waals surface area contributed by atoms with Gasteiger partial charge in [-0.05, 0) is 79.4 Å². The molecule has 4 nitrogen and oxygen atoms in total. The van der Waals surface area contributed by atoms with Crippen LogP contribution in [0.4, 0.5) is 0 Å². The van der Waals surface area contributed by atoms with Crippen LogP contribution in [-0.2, 0) is 4.79 Å². The predicted molar refractivity (Wildman–Crippen MR) is 101 cm³/mol. The van der Waals surface area contributed by atoms with Gasteiger partial charge >= 0.3 is 0 Å². The summed E-state index contributed by atoms with van der Waals surface area (Å²) >= 11 is 0. The van der Waals surface area contributed by atoms with Crippen LogP contribution in [0.25, 0.3) is 0 Å². The van der Waals surface area contributed by atoms with E-state index in [0.29, 0.717) is 31.6 Å². The van der Waals surface area contributed by atoms with Crippen molar-refractivity contribution in [2.45, 2.75) is 90.4 Å². The van der Waals surface area contributed by atoms with Crippen LogP contribution in [0.3, 0.4) is 0 Å². The largest absolute Gasteiger partial charge is 0.390 e. The molecule has 3 N–H and O–H groups in total. The number of carbonyl (C=O) groups excluding carboxylic acids is 1. The van der Waals surface area contributed by atoms with Crippen LogP contribution in [0, 0.1) is 40.4 Å². The molecule has 5 saturated carbocycles. The molecule has 0 aromatic heterocycles. The molecular formula is C22H36N2O2. The molecule has 1 aliphatic heterocycles. The maximum atomic E-state index is 14.0. The van der Waals surface area contributed by atoms with E-state index < -0.39 is 53.2 Å². The Balaban J connectivity index is 1.57. The Morgan fingerprint density at radius 1 is 1.31 bits per heavy atom. The van der Waals surface area contributed by atoms with Gasteiger partial charge < -0.3 is 15.7 Å². The van der Waals surface area contributed by atoms with Crippen LogP contribution in [0.5, 0.6) is 0 Å². The lowest BCUT2D eigenvalue weighted by Crippen LogP contribution is -2.72. The molecule has 1 saturated heterocycles. The first kappa shape index (κ1) is 12.1. The Morgan fingerprint density at radius 3 is 2.65 bits per heavy atom. The van der Waals surface area contributed by atoms with Gasteiger partial charge in [-0.3, -0.25) is 4.79 Å². The summed E-state index contributed by atoms with van der Waals surface area (Å²) in [5, 5.41) is 11.6. The van der Waals surface area contributed by atoms with Gasteiger partial charge in [-0.2, -0.15) is 0 Å². The first-order chi connectivity index (χ1) is 14.2. The van der Waals surface area contributed by atoms with E-state index in [1.54, 1.807) is 0 Å². The Kier molecular flexibility index (Phi) is 2.25. The van der Waals surface area contributed by atoms with Crippen molar-refractivity contribution in [3.8, 4) is 0 Å². The maximum absolute atomic E-state index is 14.0. The highest BCUT2D eigenvalue weighted by molar-refractivity contribution is 5.84. The van der Waals surface area contributed by atoms with Crippen LogP contribution < -0.4 is 5.73 Å². The predicted octanol–water partition coefficient (Wildman–Crippen LogP) is 2.78. The van der Waals surface area contributed by atoms with E-state index in [4.69, 9.17) is 14.0 Å². The fourth-order valence-corrected chi connectivity index (χ4v) is 7.31. The number of hydrogen-bond acceptors (Lipinski definition) is 3. The number of hydrogen-bond donors (Lipinski definition) is 2. The van der Waals surface area contributed by atoms with E-state index in [2.05, 4.69) is 20.8 Å². The normalized spacial score (nSPS) is 77.5. The van der Waals surface area contributed by atoms with Crippen molar-refractivity contribution >= 4 is 5.91 Å². The zero-order chi connectivity index (χ0) is 24.3. The van der Waals surface area contributed by atoms with Gasteiger partial charge in [-0.25, -0.2) is 0 Å². The number of amides is 1. The molecule has 0 spiro atoms.